The predicted molar refractivity (Wildman–Crippen MR) is 64.6 cm³/mol. The summed E-state index contributed by atoms with van der Waals surface area (Å²) in [6.07, 6.45) is 1.83. The molecule has 2 atom stereocenters. The number of carboxylic acid groups (broad SMARTS) is 1. The van der Waals surface area contributed by atoms with Crippen LogP contribution >= 0.6 is 0 Å². The lowest BCUT2D eigenvalue weighted by Crippen LogP contribution is -2.39. The van der Waals surface area contributed by atoms with Crippen molar-refractivity contribution < 1.29 is 9.90 Å². The van der Waals surface area contributed by atoms with E-state index >= 15 is 0 Å². The summed E-state index contributed by atoms with van der Waals surface area (Å²) in [5.74, 6) is -0.0367. The summed E-state index contributed by atoms with van der Waals surface area (Å²) in [5.41, 5.74) is 0. The number of aliphatic carboxylic acids is 1. The first-order valence-corrected chi connectivity index (χ1v) is 6.23. The molecule has 1 saturated heterocycles. The van der Waals surface area contributed by atoms with Crippen molar-refractivity contribution in [3.8, 4) is 0 Å². The Balaban J connectivity index is 2.42. The summed E-state index contributed by atoms with van der Waals surface area (Å²) in [6.45, 7) is 8.13. The molecule has 0 amide bonds. The largest absolute Gasteiger partial charge is 0.480 e. The molecule has 0 aliphatic carbocycles. The van der Waals surface area contributed by atoms with Crippen LogP contribution in [0.4, 0.5) is 0 Å². The van der Waals surface area contributed by atoms with Gasteiger partial charge < -0.3 is 10.0 Å². The van der Waals surface area contributed by atoms with Crippen LogP contribution in [0, 0.1) is 5.92 Å². The van der Waals surface area contributed by atoms with Gasteiger partial charge in [-0.3, -0.25) is 9.69 Å². The first-order valence-electron chi connectivity index (χ1n) is 6.23. The van der Waals surface area contributed by atoms with Crippen LogP contribution in [0.5, 0.6) is 0 Å². The molecule has 1 heterocycles. The van der Waals surface area contributed by atoms with E-state index in [1.807, 2.05) is 6.92 Å². The van der Waals surface area contributed by atoms with Gasteiger partial charge >= 0.3 is 5.97 Å². The zero-order chi connectivity index (χ0) is 12.1. The Morgan fingerprint density at radius 2 is 2.25 bits per heavy atom. The zero-order valence-corrected chi connectivity index (χ0v) is 10.6. The zero-order valence-electron chi connectivity index (χ0n) is 10.6. The molecule has 0 aromatic heterocycles. The molecule has 0 saturated carbocycles. The number of hydrogen-bond donors (Lipinski definition) is 1. The second-order valence-electron chi connectivity index (χ2n) is 4.77. The van der Waals surface area contributed by atoms with Crippen molar-refractivity contribution in [2.75, 3.05) is 33.2 Å². The second-order valence-corrected chi connectivity index (χ2v) is 4.77. The third-order valence-corrected chi connectivity index (χ3v) is 3.54. The van der Waals surface area contributed by atoms with Gasteiger partial charge in [0.05, 0.1) is 0 Å². The van der Waals surface area contributed by atoms with Gasteiger partial charge in [0.1, 0.15) is 6.04 Å². The van der Waals surface area contributed by atoms with Gasteiger partial charge in [0.25, 0.3) is 0 Å². The van der Waals surface area contributed by atoms with Crippen LogP contribution < -0.4 is 0 Å². The van der Waals surface area contributed by atoms with Crippen LogP contribution in [0.2, 0.25) is 0 Å². The fourth-order valence-corrected chi connectivity index (χ4v) is 2.45. The van der Waals surface area contributed by atoms with Gasteiger partial charge in [-0.1, -0.05) is 13.8 Å². The minimum Gasteiger partial charge on any atom is -0.480 e. The molecule has 4 heteroatoms. The Kier molecular flexibility index (Phi) is 5.22. The highest BCUT2D eigenvalue weighted by Crippen LogP contribution is 2.20. The summed E-state index contributed by atoms with van der Waals surface area (Å²) in [4.78, 5) is 15.5. The van der Waals surface area contributed by atoms with Crippen molar-refractivity contribution in [1.82, 2.24) is 9.80 Å². The van der Waals surface area contributed by atoms with Gasteiger partial charge in [-0.05, 0) is 38.9 Å². The van der Waals surface area contributed by atoms with E-state index in [2.05, 4.69) is 23.8 Å². The topological polar surface area (TPSA) is 43.8 Å². The van der Waals surface area contributed by atoms with Crippen molar-refractivity contribution in [3.05, 3.63) is 0 Å². The molecule has 0 aromatic rings. The Morgan fingerprint density at radius 3 is 2.75 bits per heavy atom. The lowest BCUT2D eigenvalue weighted by atomic mass is 10.1. The summed E-state index contributed by atoms with van der Waals surface area (Å²) in [6, 6.07) is -0.281. The van der Waals surface area contributed by atoms with Crippen molar-refractivity contribution in [2.45, 2.75) is 32.7 Å². The maximum Gasteiger partial charge on any atom is 0.320 e. The number of rotatable bonds is 6. The van der Waals surface area contributed by atoms with Crippen molar-refractivity contribution in [2.24, 2.45) is 5.92 Å². The van der Waals surface area contributed by atoms with Crippen LogP contribution in [-0.4, -0.2) is 60.1 Å². The average molecular weight is 228 g/mol. The minimum absolute atomic E-state index is 0.281. The first kappa shape index (κ1) is 13.5. The summed E-state index contributed by atoms with van der Waals surface area (Å²) in [7, 11) is 2.12. The molecule has 1 fully saturated rings. The first-order chi connectivity index (χ1) is 7.58. The lowest BCUT2D eigenvalue weighted by molar-refractivity contribution is -0.143. The standard InChI is InChI=1S/C12H24N2O2/c1-4-11(12(15)16)14-7-6-10(9-14)8-13(3)5-2/h10-11H,4-9H2,1-3H3,(H,15,16). The van der Waals surface area contributed by atoms with Gasteiger partial charge in [0.15, 0.2) is 0 Å². The summed E-state index contributed by atoms with van der Waals surface area (Å²) < 4.78 is 0. The van der Waals surface area contributed by atoms with E-state index in [1.165, 1.54) is 0 Å². The van der Waals surface area contributed by atoms with E-state index in [-0.39, 0.29) is 6.04 Å². The van der Waals surface area contributed by atoms with Gasteiger partial charge in [-0.15, -0.1) is 0 Å². The fraction of sp³-hybridized carbons (Fsp3) is 0.917. The molecule has 1 aliphatic rings. The monoisotopic (exact) mass is 228 g/mol. The molecular weight excluding hydrogens is 204 g/mol. The number of nitrogens with zero attached hydrogens (tertiary/aromatic N) is 2. The normalized spacial score (nSPS) is 23.9. The van der Waals surface area contributed by atoms with E-state index in [0.717, 1.165) is 32.6 Å². The molecule has 94 valence electrons. The van der Waals surface area contributed by atoms with E-state index < -0.39 is 5.97 Å². The number of hydrogen-bond acceptors (Lipinski definition) is 3. The molecule has 2 unspecified atom stereocenters. The van der Waals surface area contributed by atoms with Crippen LogP contribution in [-0.2, 0) is 4.79 Å². The molecular formula is C12H24N2O2. The van der Waals surface area contributed by atoms with Crippen LogP contribution in [0.15, 0.2) is 0 Å². The van der Waals surface area contributed by atoms with Gasteiger partial charge in [0.2, 0.25) is 0 Å². The molecule has 1 aliphatic heterocycles. The molecule has 0 radical (unpaired) electrons. The molecule has 0 aromatic carbocycles. The number of carboxylic acids is 1. The summed E-state index contributed by atoms with van der Waals surface area (Å²) >= 11 is 0. The SMILES string of the molecule is CCC(C(=O)O)N1CCC(CN(C)CC)C1. The number of likely N-dealkylation sites (tertiary alicyclic amines) is 1. The molecule has 0 bridgehead atoms. The van der Waals surface area contributed by atoms with Crippen molar-refractivity contribution in [3.63, 3.8) is 0 Å². The Labute approximate surface area is 98.2 Å². The Hall–Kier alpha value is -0.610. The third kappa shape index (κ3) is 3.46. The van der Waals surface area contributed by atoms with Crippen LogP contribution in [0.1, 0.15) is 26.7 Å². The lowest BCUT2D eigenvalue weighted by Gasteiger charge is -2.24. The third-order valence-electron chi connectivity index (χ3n) is 3.54. The highest BCUT2D eigenvalue weighted by atomic mass is 16.4. The highest BCUT2D eigenvalue weighted by Gasteiger charge is 2.31. The van der Waals surface area contributed by atoms with E-state index in [4.69, 9.17) is 5.11 Å². The minimum atomic E-state index is -0.674. The maximum atomic E-state index is 11.1. The Morgan fingerprint density at radius 1 is 1.56 bits per heavy atom. The van der Waals surface area contributed by atoms with Gasteiger partial charge in [-0.25, -0.2) is 0 Å². The average Bonchev–Trinajstić information content (AvgIpc) is 2.66. The molecule has 1 N–H and O–H groups in total. The van der Waals surface area contributed by atoms with Crippen LogP contribution in [0.25, 0.3) is 0 Å². The van der Waals surface area contributed by atoms with Crippen molar-refractivity contribution in [1.29, 1.82) is 0 Å². The van der Waals surface area contributed by atoms with E-state index in [0.29, 0.717) is 12.3 Å². The number of carbonyl (C=O) groups is 1. The highest BCUT2D eigenvalue weighted by molar-refractivity contribution is 5.73. The second kappa shape index (κ2) is 6.21. The molecule has 4 nitrogen and oxygen atoms in total. The predicted octanol–water partition coefficient (Wildman–Crippen LogP) is 1.12. The van der Waals surface area contributed by atoms with Crippen LogP contribution in [0.3, 0.4) is 0 Å². The van der Waals surface area contributed by atoms with E-state index in [9.17, 15) is 4.79 Å². The Bertz CT molecular complexity index is 233. The van der Waals surface area contributed by atoms with Gasteiger partial charge in [0, 0.05) is 13.1 Å². The molecule has 1 rings (SSSR count). The quantitative estimate of drug-likeness (QED) is 0.740. The molecule has 0 spiro atoms. The molecule has 16 heavy (non-hydrogen) atoms. The van der Waals surface area contributed by atoms with Gasteiger partial charge in [-0.2, -0.15) is 0 Å². The summed E-state index contributed by atoms with van der Waals surface area (Å²) in [5, 5.41) is 9.10. The smallest absolute Gasteiger partial charge is 0.320 e. The van der Waals surface area contributed by atoms with E-state index in [1.54, 1.807) is 0 Å². The fourth-order valence-electron chi connectivity index (χ4n) is 2.45. The van der Waals surface area contributed by atoms with Crippen molar-refractivity contribution >= 4 is 5.97 Å². The maximum absolute atomic E-state index is 11.1.